The lowest BCUT2D eigenvalue weighted by Crippen LogP contribution is -2.10. The zero-order chi connectivity index (χ0) is 9.97. The maximum Gasteiger partial charge on any atom is 0.306 e. The van der Waals surface area contributed by atoms with E-state index in [0.29, 0.717) is 6.42 Å². The van der Waals surface area contributed by atoms with Crippen LogP contribution < -0.4 is 0 Å². The first-order valence-corrected chi connectivity index (χ1v) is 4.71. The quantitative estimate of drug-likeness (QED) is 0.724. The largest absolute Gasteiger partial charge is 0.508 e. The van der Waals surface area contributed by atoms with Gasteiger partial charge in [0.1, 0.15) is 11.9 Å². The molecule has 3 nitrogen and oxygen atoms in total. The molecule has 1 aromatic carbocycles. The van der Waals surface area contributed by atoms with E-state index in [4.69, 9.17) is 9.84 Å². The molecule has 0 radical (unpaired) electrons. The van der Waals surface area contributed by atoms with Gasteiger partial charge in [0.25, 0.3) is 0 Å². The first-order valence-electron chi connectivity index (χ1n) is 4.71. The molecule has 2 rings (SSSR count). The molecule has 0 aliphatic carbocycles. The smallest absolute Gasteiger partial charge is 0.306 e. The number of aromatic hydroxyl groups is 1. The second-order valence-corrected chi connectivity index (χ2v) is 3.52. The maximum atomic E-state index is 10.8. The summed E-state index contributed by atoms with van der Waals surface area (Å²) >= 11 is 0. The van der Waals surface area contributed by atoms with Crippen molar-refractivity contribution >= 4 is 5.97 Å². The van der Waals surface area contributed by atoms with Crippen LogP contribution in [0.3, 0.4) is 0 Å². The van der Waals surface area contributed by atoms with Gasteiger partial charge in [0, 0.05) is 12.8 Å². The highest BCUT2D eigenvalue weighted by molar-refractivity contribution is 5.71. The molecular formula is C11H12O3. The second-order valence-electron chi connectivity index (χ2n) is 3.52. The van der Waals surface area contributed by atoms with Crippen molar-refractivity contribution in [1.29, 1.82) is 0 Å². The molecule has 0 aromatic heterocycles. The lowest BCUT2D eigenvalue weighted by atomic mass is 10.1. The van der Waals surface area contributed by atoms with Gasteiger partial charge in [-0.15, -0.1) is 0 Å². The van der Waals surface area contributed by atoms with Crippen molar-refractivity contribution in [3.8, 4) is 5.75 Å². The fraction of sp³-hybridized carbons (Fsp3) is 0.364. The first kappa shape index (κ1) is 9.06. The number of hydrogen-bond donors (Lipinski definition) is 1. The molecule has 1 heterocycles. The zero-order valence-electron chi connectivity index (χ0n) is 7.77. The number of ether oxygens (including phenoxy) is 1. The molecule has 1 aromatic rings. The number of rotatable bonds is 2. The minimum Gasteiger partial charge on any atom is -0.508 e. The number of carbonyl (C=O) groups is 1. The van der Waals surface area contributed by atoms with Gasteiger partial charge < -0.3 is 9.84 Å². The van der Waals surface area contributed by atoms with Crippen LogP contribution >= 0.6 is 0 Å². The van der Waals surface area contributed by atoms with Crippen molar-refractivity contribution in [3.05, 3.63) is 29.8 Å². The first-order chi connectivity index (χ1) is 6.74. The van der Waals surface area contributed by atoms with Crippen molar-refractivity contribution in [2.75, 3.05) is 0 Å². The van der Waals surface area contributed by atoms with E-state index in [-0.39, 0.29) is 17.8 Å². The van der Waals surface area contributed by atoms with Gasteiger partial charge in [-0.25, -0.2) is 0 Å². The third kappa shape index (κ3) is 2.05. The van der Waals surface area contributed by atoms with E-state index in [9.17, 15) is 4.79 Å². The fourth-order valence-corrected chi connectivity index (χ4v) is 1.62. The second kappa shape index (κ2) is 3.70. The number of esters is 1. The predicted octanol–water partition coefficient (Wildman–Crippen LogP) is 1.64. The summed E-state index contributed by atoms with van der Waals surface area (Å²) in [5.41, 5.74) is 1.09. The Morgan fingerprint density at radius 1 is 1.36 bits per heavy atom. The molecule has 0 saturated carbocycles. The molecule has 1 N–H and O–H groups in total. The molecule has 74 valence electrons. The Morgan fingerprint density at radius 3 is 2.64 bits per heavy atom. The van der Waals surface area contributed by atoms with E-state index in [1.165, 1.54) is 0 Å². The summed E-state index contributed by atoms with van der Waals surface area (Å²) in [5, 5.41) is 9.07. The molecular weight excluding hydrogens is 180 g/mol. The Labute approximate surface area is 82.3 Å². The summed E-state index contributed by atoms with van der Waals surface area (Å²) in [4.78, 5) is 10.8. The zero-order valence-corrected chi connectivity index (χ0v) is 7.77. The standard InChI is InChI=1S/C11H12O3/c12-9-3-1-8(2-4-9)7-10-5-6-11(13)14-10/h1-4,10,12H,5-7H2. The van der Waals surface area contributed by atoms with E-state index < -0.39 is 0 Å². The van der Waals surface area contributed by atoms with Crippen molar-refractivity contribution in [2.24, 2.45) is 0 Å². The van der Waals surface area contributed by atoms with Gasteiger partial charge in [0.15, 0.2) is 0 Å². The molecule has 1 aliphatic heterocycles. The highest BCUT2D eigenvalue weighted by Crippen LogP contribution is 2.19. The van der Waals surface area contributed by atoms with Gasteiger partial charge in [-0.3, -0.25) is 4.79 Å². The summed E-state index contributed by atoms with van der Waals surface area (Å²) < 4.78 is 5.09. The maximum absolute atomic E-state index is 10.8. The summed E-state index contributed by atoms with van der Waals surface area (Å²) in [5.74, 6) is 0.158. The average molecular weight is 192 g/mol. The van der Waals surface area contributed by atoms with Crippen molar-refractivity contribution in [3.63, 3.8) is 0 Å². The van der Waals surface area contributed by atoms with Crippen LogP contribution in [0.1, 0.15) is 18.4 Å². The van der Waals surface area contributed by atoms with E-state index in [1.54, 1.807) is 12.1 Å². The van der Waals surface area contributed by atoms with Crippen LogP contribution in [-0.4, -0.2) is 17.2 Å². The Kier molecular flexibility index (Phi) is 2.39. The minimum atomic E-state index is -0.103. The normalized spacial score (nSPS) is 20.9. The third-order valence-corrected chi connectivity index (χ3v) is 2.37. The molecule has 1 unspecified atom stereocenters. The average Bonchev–Trinajstić information content (AvgIpc) is 2.56. The Balaban J connectivity index is 1.97. The summed E-state index contributed by atoms with van der Waals surface area (Å²) in [6.45, 7) is 0. The molecule has 0 bridgehead atoms. The van der Waals surface area contributed by atoms with Crippen LogP contribution in [0.5, 0.6) is 5.75 Å². The highest BCUT2D eigenvalue weighted by atomic mass is 16.5. The van der Waals surface area contributed by atoms with Crippen molar-refractivity contribution in [1.82, 2.24) is 0 Å². The fourth-order valence-electron chi connectivity index (χ4n) is 1.62. The SMILES string of the molecule is O=C1CCC(Cc2ccc(O)cc2)O1. The summed E-state index contributed by atoms with van der Waals surface area (Å²) in [6.07, 6.45) is 2.10. The van der Waals surface area contributed by atoms with E-state index >= 15 is 0 Å². The number of phenols is 1. The topological polar surface area (TPSA) is 46.5 Å². The predicted molar refractivity (Wildman–Crippen MR) is 50.9 cm³/mol. The lowest BCUT2D eigenvalue weighted by Gasteiger charge is -2.08. The summed E-state index contributed by atoms with van der Waals surface area (Å²) in [6, 6.07) is 6.99. The number of benzene rings is 1. The van der Waals surface area contributed by atoms with Gasteiger partial charge in [-0.05, 0) is 24.1 Å². The van der Waals surface area contributed by atoms with Crippen LogP contribution in [0.4, 0.5) is 0 Å². The number of hydrogen-bond acceptors (Lipinski definition) is 3. The van der Waals surface area contributed by atoms with Gasteiger partial charge in [0.2, 0.25) is 0 Å². The molecule has 0 spiro atoms. The van der Waals surface area contributed by atoms with E-state index in [2.05, 4.69) is 0 Å². The number of phenolic OH excluding ortho intramolecular Hbond substituents is 1. The molecule has 0 amide bonds. The van der Waals surface area contributed by atoms with Gasteiger partial charge >= 0.3 is 5.97 Å². The Bertz CT molecular complexity index is 329. The van der Waals surface area contributed by atoms with Gasteiger partial charge in [0.05, 0.1) is 0 Å². The third-order valence-electron chi connectivity index (χ3n) is 2.37. The highest BCUT2D eigenvalue weighted by Gasteiger charge is 2.23. The van der Waals surface area contributed by atoms with E-state index in [0.717, 1.165) is 18.4 Å². The van der Waals surface area contributed by atoms with Gasteiger partial charge in [-0.2, -0.15) is 0 Å². The van der Waals surface area contributed by atoms with Crippen LogP contribution in [0.25, 0.3) is 0 Å². The van der Waals surface area contributed by atoms with Crippen LogP contribution in [-0.2, 0) is 16.0 Å². The van der Waals surface area contributed by atoms with Crippen LogP contribution in [0, 0.1) is 0 Å². The minimum absolute atomic E-state index is 0.0204. The van der Waals surface area contributed by atoms with Crippen molar-refractivity contribution < 1.29 is 14.6 Å². The molecule has 3 heteroatoms. The van der Waals surface area contributed by atoms with Crippen LogP contribution in [0.2, 0.25) is 0 Å². The number of cyclic esters (lactones) is 1. The molecule has 1 atom stereocenters. The Hall–Kier alpha value is -1.51. The molecule has 14 heavy (non-hydrogen) atoms. The number of carbonyl (C=O) groups excluding carboxylic acids is 1. The monoisotopic (exact) mass is 192 g/mol. The van der Waals surface area contributed by atoms with Crippen LogP contribution in [0.15, 0.2) is 24.3 Å². The van der Waals surface area contributed by atoms with Crippen molar-refractivity contribution in [2.45, 2.75) is 25.4 Å². The Morgan fingerprint density at radius 2 is 2.07 bits per heavy atom. The lowest BCUT2D eigenvalue weighted by molar-refractivity contribution is -0.141. The molecule has 1 saturated heterocycles. The van der Waals surface area contributed by atoms with E-state index in [1.807, 2.05) is 12.1 Å². The molecule has 1 fully saturated rings. The van der Waals surface area contributed by atoms with Gasteiger partial charge in [-0.1, -0.05) is 12.1 Å². The molecule has 1 aliphatic rings. The summed E-state index contributed by atoms with van der Waals surface area (Å²) in [7, 11) is 0.